The molecule has 40 heavy (non-hydrogen) atoms. The highest BCUT2D eigenvalue weighted by atomic mass is 16.5. The smallest absolute Gasteiger partial charge is 0.0651 e. The van der Waals surface area contributed by atoms with Crippen LogP contribution in [0.1, 0.15) is 87.5 Å². The van der Waals surface area contributed by atoms with Gasteiger partial charge < -0.3 is 9.64 Å². The third kappa shape index (κ3) is 20.9. The number of unbranched alkanes of at least 4 members (excludes halogenated alkanes) is 1. The van der Waals surface area contributed by atoms with Crippen LogP contribution in [-0.4, -0.2) is 61.3 Å². The molecule has 0 spiro atoms. The van der Waals surface area contributed by atoms with Crippen LogP contribution in [0.2, 0.25) is 0 Å². The fraction of sp³-hybridized carbons (Fsp3) is 0.622. The average molecular weight is 553 g/mol. The predicted octanol–water partition coefficient (Wildman–Crippen LogP) is 9.58. The third-order valence-corrected chi connectivity index (χ3v) is 7.05. The van der Waals surface area contributed by atoms with Crippen LogP contribution in [0.4, 0.5) is 0 Å². The minimum atomic E-state index is 0.499. The van der Waals surface area contributed by atoms with Crippen molar-refractivity contribution in [2.24, 2.45) is 11.8 Å². The van der Waals surface area contributed by atoms with E-state index in [4.69, 9.17) is 4.74 Å². The molecule has 0 fully saturated rings. The Kier molecular flexibility index (Phi) is 23.6. The second-order valence-corrected chi connectivity index (χ2v) is 11.7. The van der Waals surface area contributed by atoms with Crippen LogP contribution in [0.25, 0.3) is 0 Å². The third-order valence-electron chi connectivity index (χ3n) is 7.05. The minimum Gasteiger partial charge on any atom is -0.376 e. The van der Waals surface area contributed by atoms with Gasteiger partial charge in [-0.2, -0.15) is 0 Å². The number of ether oxygens (including phenoxy) is 1. The molecular weight excluding hydrogens is 488 g/mol. The summed E-state index contributed by atoms with van der Waals surface area (Å²) >= 11 is 0. The molecule has 2 atom stereocenters. The van der Waals surface area contributed by atoms with E-state index in [2.05, 4.69) is 127 Å². The Bertz CT molecular complexity index is 799. The maximum atomic E-state index is 5.84. The first kappa shape index (κ1) is 38.1. The van der Waals surface area contributed by atoms with E-state index in [-0.39, 0.29) is 0 Å². The van der Waals surface area contributed by atoms with E-state index in [1.54, 1.807) is 0 Å². The Morgan fingerprint density at radius 2 is 1.57 bits per heavy atom. The molecule has 0 aliphatic carbocycles. The summed E-state index contributed by atoms with van der Waals surface area (Å²) in [7, 11) is 0. The molecule has 0 aromatic carbocycles. The lowest BCUT2D eigenvalue weighted by Gasteiger charge is -2.37. The molecule has 0 amide bonds. The lowest BCUT2D eigenvalue weighted by Crippen LogP contribution is -2.44. The molecule has 0 aliphatic rings. The maximum Gasteiger partial charge on any atom is 0.0651 e. The van der Waals surface area contributed by atoms with Crippen molar-refractivity contribution in [3.8, 4) is 0 Å². The Morgan fingerprint density at radius 3 is 2.20 bits per heavy atom. The first-order chi connectivity index (χ1) is 19.1. The number of likely N-dealkylation sites (N-methyl/N-ethyl adjacent to an activating group) is 1. The molecule has 0 radical (unpaired) electrons. The fourth-order valence-electron chi connectivity index (χ4n) is 4.71. The van der Waals surface area contributed by atoms with Crippen LogP contribution in [0.15, 0.2) is 85.1 Å². The highest BCUT2D eigenvalue weighted by Crippen LogP contribution is 2.21. The topological polar surface area (TPSA) is 15.7 Å². The Labute approximate surface area is 250 Å². The molecule has 0 bridgehead atoms. The van der Waals surface area contributed by atoms with Gasteiger partial charge >= 0.3 is 0 Å². The summed E-state index contributed by atoms with van der Waals surface area (Å²) in [5, 5.41) is 0. The number of hydrogen-bond acceptors (Lipinski definition) is 3. The quantitative estimate of drug-likeness (QED) is 0.0673. The predicted molar refractivity (Wildman–Crippen MR) is 181 cm³/mol. The van der Waals surface area contributed by atoms with Crippen LogP contribution in [0.3, 0.4) is 0 Å². The lowest BCUT2D eigenvalue weighted by atomic mass is 9.94. The van der Waals surface area contributed by atoms with Gasteiger partial charge in [0.05, 0.1) is 13.2 Å². The monoisotopic (exact) mass is 553 g/mol. The van der Waals surface area contributed by atoms with E-state index >= 15 is 0 Å². The Balaban J connectivity index is 4.93. The van der Waals surface area contributed by atoms with Gasteiger partial charge in [0, 0.05) is 18.6 Å². The standard InChI is InChI=1S/C37H64N2O/c1-11-21-35(9)24-20-30-40-31-29-38(12-2)27-18-19-28-39(34(7)8)37(26-17-16-23-33(5)6)36(10)25-15-13-14-22-32(3)4/h11,14-17,20-22,24-25,32,34,36-37H,1,5,12-13,18-19,23,26-31H2,2-4,6-10H3/b17-16-,22-14+,24-20-,25-15-,35-21-. The highest BCUT2D eigenvalue weighted by molar-refractivity contribution is 5.20. The summed E-state index contributed by atoms with van der Waals surface area (Å²) in [5.74, 6) is 1.11. The summed E-state index contributed by atoms with van der Waals surface area (Å²) in [6, 6.07) is 1.02. The van der Waals surface area contributed by atoms with E-state index in [0.717, 1.165) is 52.0 Å². The molecular formula is C37H64N2O. The zero-order chi connectivity index (χ0) is 30.2. The van der Waals surface area contributed by atoms with Crippen molar-refractivity contribution in [2.45, 2.75) is 99.6 Å². The van der Waals surface area contributed by atoms with Gasteiger partial charge in [-0.05, 0) is 91.3 Å². The zero-order valence-corrected chi connectivity index (χ0v) is 27.6. The van der Waals surface area contributed by atoms with E-state index < -0.39 is 0 Å². The van der Waals surface area contributed by atoms with Gasteiger partial charge in [0.15, 0.2) is 0 Å². The van der Waals surface area contributed by atoms with Crippen LogP contribution in [0.5, 0.6) is 0 Å². The number of nitrogens with zero attached hydrogens (tertiary/aromatic N) is 2. The molecule has 0 rings (SSSR count). The molecule has 0 aliphatic heterocycles. The van der Waals surface area contributed by atoms with Gasteiger partial charge in [0.1, 0.15) is 0 Å². The van der Waals surface area contributed by atoms with E-state index in [1.165, 1.54) is 24.0 Å². The maximum absolute atomic E-state index is 5.84. The van der Waals surface area contributed by atoms with Gasteiger partial charge in [-0.3, -0.25) is 4.90 Å². The number of hydrogen-bond donors (Lipinski definition) is 0. The largest absolute Gasteiger partial charge is 0.376 e. The molecule has 0 N–H and O–H groups in total. The molecule has 0 aromatic rings. The Hall–Kier alpha value is -1.94. The second-order valence-electron chi connectivity index (χ2n) is 11.7. The van der Waals surface area contributed by atoms with Crippen LogP contribution >= 0.6 is 0 Å². The highest BCUT2D eigenvalue weighted by Gasteiger charge is 2.24. The van der Waals surface area contributed by atoms with Gasteiger partial charge in [-0.25, -0.2) is 0 Å². The van der Waals surface area contributed by atoms with E-state index in [0.29, 0.717) is 30.5 Å². The number of allylic oxidation sites excluding steroid dienone is 9. The summed E-state index contributed by atoms with van der Waals surface area (Å²) in [6.45, 7) is 31.5. The number of rotatable bonds is 24. The average Bonchev–Trinajstić information content (AvgIpc) is 2.89. The fourth-order valence-corrected chi connectivity index (χ4v) is 4.71. The lowest BCUT2D eigenvalue weighted by molar-refractivity contribution is 0.114. The van der Waals surface area contributed by atoms with Crippen molar-refractivity contribution in [2.75, 3.05) is 39.4 Å². The molecule has 2 unspecified atom stereocenters. The summed E-state index contributed by atoms with van der Waals surface area (Å²) in [4.78, 5) is 5.25. The SMILES string of the molecule is C=C/C=C(C)\C=C/COCCN(CC)CCCCN(C(C)C)C(C/C=C\CC(=C)C)C(C)/C=C\C/C=C/C(C)C. The van der Waals surface area contributed by atoms with Crippen molar-refractivity contribution < 1.29 is 4.74 Å². The van der Waals surface area contributed by atoms with Crippen LogP contribution in [0, 0.1) is 11.8 Å². The summed E-state index contributed by atoms with van der Waals surface area (Å²) < 4.78 is 5.84. The van der Waals surface area contributed by atoms with Crippen molar-refractivity contribution in [1.82, 2.24) is 9.80 Å². The van der Waals surface area contributed by atoms with Crippen molar-refractivity contribution >= 4 is 0 Å². The van der Waals surface area contributed by atoms with Gasteiger partial charge in [0.25, 0.3) is 0 Å². The van der Waals surface area contributed by atoms with Crippen molar-refractivity contribution in [1.29, 1.82) is 0 Å². The van der Waals surface area contributed by atoms with Crippen molar-refractivity contribution in [3.63, 3.8) is 0 Å². The van der Waals surface area contributed by atoms with Crippen LogP contribution in [-0.2, 0) is 4.74 Å². The van der Waals surface area contributed by atoms with Gasteiger partial charge in [-0.15, -0.1) is 0 Å². The first-order valence-electron chi connectivity index (χ1n) is 15.8. The summed E-state index contributed by atoms with van der Waals surface area (Å²) in [5.41, 5.74) is 2.41. The summed E-state index contributed by atoms with van der Waals surface area (Å²) in [6.07, 6.45) is 27.5. The zero-order valence-electron chi connectivity index (χ0n) is 27.6. The molecule has 0 saturated heterocycles. The minimum absolute atomic E-state index is 0.499. The van der Waals surface area contributed by atoms with Crippen molar-refractivity contribution in [3.05, 3.63) is 85.1 Å². The van der Waals surface area contributed by atoms with Gasteiger partial charge in [0.2, 0.25) is 0 Å². The molecule has 3 heteroatoms. The normalized spacial score (nSPS) is 14.8. The molecule has 0 aromatic heterocycles. The second kappa shape index (κ2) is 24.8. The van der Waals surface area contributed by atoms with E-state index in [1.807, 2.05) is 12.2 Å². The molecule has 0 heterocycles. The molecule has 3 nitrogen and oxygen atoms in total. The molecule has 228 valence electrons. The van der Waals surface area contributed by atoms with Gasteiger partial charge in [-0.1, -0.05) is 113 Å². The first-order valence-corrected chi connectivity index (χ1v) is 15.8. The van der Waals surface area contributed by atoms with Crippen LogP contribution < -0.4 is 0 Å². The molecule has 0 saturated carbocycles. The van der Waals surface area contributed by atoms with E-state index in [9.17, 15) is 0 Å². The Morgan fingerprint density at radius 1 is 0.875 bits per heavy atom.